The van der Waals surface area contributed by atoms with Gasteiger partial charge in [-0.25, -0.2) is 14.6 Å². The second-order valence-electron chi connectivity index (χ2n) is 10.4. The van der Waals surface area contributed by atoms with Crippen LogP contribution in [-0.2, 0) is 20.7 Å². The summed E-state index contributed by atoms with van der Waals surface area (Å²) in [4.78, 5) is 44.3. The molecule has 2 aliphatic rings. The molecule has 0 radical (unpaired) electrons. The summed E-state index contributed by atoms with van der Waals surface area (Å²) in [7, 11) is 0. The number of carboxylic acid groups (broad SMARTS) is 1. The Morgan fingerprint density at radius 2 is 1.97 bits per heavy atom. The number of cyclic esters (lactones) is 1. The highest BCUT2D eigenvalue weighted by Gasteiger charge is 2.51. The molecule has 2 aromatic rings. The Bertz CT molecular complexity index is 1150. The van der Waals surface area contributed by atoms with Gasteiger partial charge in [-0.3, -0.25) is 4.79 Å². The number of rotatable bonds is 1. The molecule has 4 bridgehead atoms. The summed E-state index contributed by atoms with van der Waals surface area (Å²) in [5, 5.41) is 14.5. The first kappa shape index (κ1) is 26.4. The molecule has 36 heavy (non-hydrogen) atoms. The number of alkyl halides is 1. The normalized spacial score (nSPS) is 26.1. The van der Waals surface area contributed by atoms with Crippen LogP contribution >= 0.6 is 22.6 Å². The fraction of sp³-hybridized carbons (Fsp3) is 0.538. The van der Waals surface area contributed by atoms with Gasteiger partial charge in [-0.05, 0) is 54.2 Å². The van der Waals surface area contributed by atoms with Crippen molar-refractivity contribution in [2.75, 3.05) is 6.61 Å². The van der Waals surface area contributed by atoms with Crippen LogP contribution in [0.25, 0.3) is 10.8 Å². The number of ether oxygens (including phenoxy) is 2. The Morgan fingerprint density at radius 3 is 2.69 bits per heavy atom. The number of aromatic nitrogens is 1. The van der Waals surface area contributed by atoms with Crippen LogP contribution in [0.15, 0.2) is 30.5 Å². The number of aryl methyl sites for hydroxylation is 1. The number of carbonyl (C=O) groups excluding carboxylic acids is 2. The molecule has 2 aliphatic heterocycles. The second kappa shape index (κ2) is 10.8. The van der Waals surface area contributed by atoms with Crippen molar-refractivity contribution in [2.24, 2.45) is 5.41 Å². The van der Waals surface area contributed by atoms with Crippen molar-refractivity contribution < 1.29 is 29.0 Å². The topological polar surface area (TPSA) is 118 Å². The fourth-order valence-corrected chi connectivity index (χ4v) is 5.81. The van der Waals surface area contributed by atoms with Gasteiger partial charge in [0.2, 0.25) is 11.8 Å². The molecule has 1 aromatic carbocycles. The monoisotopic (exact) mass is 609 g/mol. The number of alkyl carbamates (subject to hydrolysis) is 1. The zero-order valence-electron chi connectivity index (χ0n) is 20.7. The summed E-state index contributed by atoms with van der Waals surface area (Å²) >= 11 is 2.06. The van der Waals surface area contributed by atoms with Crippen molar-refractivity contribution in [2.45, 2.75) is 75.1 Å². The maximum absolute atomic E-state index is 13.8. The van der Waals surface area contributed by atoms with E-state index < -0.39 is 45.6 Å². The van der Waals surface area contributed by atoms with Crippen LogP contribution < -0.4 is 10.1 Å². The molecule has 194 valence electrons. The third kappa shape index (κ3) is 5.68. The molecule has 2 N–H and O–H groups in total. The predicted molar refractivity (Wildman–Crippen MR) is 142 cm³/mol. The minimum Gasteiger partial charge on any atom is -0.480 e. The summed E-state index contributed by atoms with van der Waals surface area (Å²) in [6, 6.07) is 6.02. The summed E-state index contributed by atoms with van der Waals surface area (Å²) in [5.41, 5.74) is 0.467. The number of nitrogens with one attached hydrogen (secondary N) is 1. The number of carbonyl (C=O) groups is 3. The number of amides is 2. The summed E-state index contributed by atoms with van der Waals surface area (Å²) in [6.07, 6.45) is 3.89. The molecule has 1 fully saturated rings. The number of pyridine rings is 1. The van der Waals surface area contributed by atoms with Crippen molar-refractivity contribution in [1.82, 2.24) is 15.2 Å². The Balaban J connectivity index is 1.73. The lowest BCUT2D eigenvalue weighted by Gasteiger charge is -2.36. The first-order valence-electron chi connectivity index (χ1n) is 12.2. The Kier molecular flexibility index (Phi) is 7.91. The molecular weight excluding hydrogens is 577 g/mol. The zero-order chi connectivity index (χ0) is 26.0. The lowest BCUT2D eigenvalue weighted by Crippen LogP contribution is -2.58. The first-order valence-corrected chi connectivity index (χ1v) is 13.5. The molecule has 0 aliphatic carbocycles. The molecule has 1 saturated heterocycles. The van der Waals surface area contributed by atoms with Gasteiger partial charge < -0.3 is 24.8 Å². The van der Waals surface area contributed by atoms with Gasteiger partial charge in [0, 0.05) is 18.0 Å². The zero-order valence-corrected chi connectivity index (χ0v) is 22.9. The minimum absolute atomic E-state index is 0.105. The van der Waals surface area contributed by atoms with Crippen LogP contribution in [-0.4, -0.2) is 61.8 Å². The van der Waals surface area contributed by atoms with E-state index in [-0.39, 0.29) is 13.0 Å². The molecule has 1 aromatic heterocycles. The van der Waals surface area contributed by atoms with Crippen LogP contribution in [0.1, 0.15) is 52.0 Å². The molecule has 9 nitrogen and oxygen atoms in total. The van der Waals surface area contributed by atoms with Crippen LogP contribution in [0.2, 0.25) is 0 Å². The van der Waals surface area contributed by atoms with E-state index in [1.165, 1.54) is 4.90 Å². The molecule has 0 saturated carbocycles. The van der Waals surface area contributed by atoms with Gasteiger partial charge in [0.25, 0.3) is 0 Å². The number of aliphatic carboxylic acids is 1. The van der Waals surface area contributed by atoms with Crippen LogP contribution in [0.4, 0.5) is 4.79 Å². The number of fused-ring (bicyclic) bond motifs is 3. The van der Waals surface area contributed by atoms with E-state index in [9.17, 15) is 19.5 Å². The van der Waals surface area contributed by atoms with Crippen molar-refractivity contribution in [3.63, 3.8) is 0 Å². The van der Waals surface area contributed by atoms with E-state index in [2.05, 4.69) is 45.0 Å². The van der Waals surface area contributed by atoms with Gasteiger partial charge in [0.05, 0.1) is 6.61 Å². The molecule has 10 heteroatoms. The smallest absolute Gasteiger partial charge is 0.407 e. The van der Waals surface area contributed by atoms with E-state index in [1.54, 1.807) is 6.20 Å². The first-order chi connectivity index (χ1) is 17.1. The standard InChI is InChI=1S/C26H32IN3O6/c1-26(2,3)20-23(31)30-18(24(32)33)14-19(21(30)27)36-22-17-13-15(8-9-16(17)10-11-28-22)7-5-4-6-12-35-25(34)29-20/h8-11,13,18-21H,4-7,12,14H2,1-3H3,(H,29,34)(H,32,33)/t18-,19-,20+,21-/m0/s1. The lowest BCUT2D eigenvalue weighted by molar-refractivity contribution is -0.150. The van der Waals surface area contributed by atoms with E-state index in [0.29, 0.717) is 12.3 Å². The van der Waals surface area contributed by atoms with Crippen molar-refractivity contribution in [3.05, 3.63) is 36.0 Å². The molecule has 2 amide bonds. The maximum atomic E-state index is 13.8. The van der Waals surface area contributed by atoms with Crippen LogP contribution in [0.5, 0.6) is 5.88 Å². The second-order valence-corrected chi connectivity index (χ2v) is 11.7. The maximum Gasteiger partial charge on any atom is 0.407 e. The summed E-state index contributed by atoms with van der Waals surface area (Å²) < 4.78 is 11.1. The lowest BCUT2D eigenvalue weighted by atomic mass is 9.85. The van der Waals surface area contributed by atoms with Gasteiger partial charge in [0.15, 0.2) is 0 Å². The number of hydrogen-bond donors (Lipinski definition) is 2. The average Bonchev–Trinajstić information content (AvgIpc) is 3.14. The van der Waals surface area contributed by atoms with E-state index in [1.807, 2.05) is 32.9 Å². The highest BCUT2D eigenvalue weighted by Crippen LogP contribution is 2.36. The van der Waals surface area contributed by atoms with Crippen molar-refractivity contribution >= 4 is 51.3 Å². The highest BCUT2D eigenvalue weighted by molar-refractivity contribution is 14.1. The molecule has 0 spiro atoms. The number of carboxylic acids is 1. The van der Waals surface area contributed by atoms with Gasteiger partial charge in [0.1, 0.15) is 22.2 Å². The van der Waals surface area contributed by atoms with Crippen LogP contribution in [0.3, 0.4) is 0 Å². The fourth-order valence-electron chi connectivity index (χ4n) is 4.71. The van der Waals surface area contributed by atoms with Crippen molar-refractivity contribution in [3.8, 4) is 5.88 Å². The minimum atomic E-state index is -1.12. The molecule has 3 heterocycles. The van der Waals surface area contributed by atoms with Gasteiger partial charge in [-0.15, -0.1) is 0 Å². The largest absolute Gasteiger partial charge is 0.480 e. The number of nitrogens with zero attached hydrogens (tertiary/aromatic N) is 2. The predicted octanol–water partition coefficient (Wildman–Crippen LogP) is 4.30. The molecule has 4 rings (SSSR count). The highest BCUT2D eigenvalue weighted by atomic mass is 127. The molecule has 4 atom stereocenters. The third-order valence-corrected chi connectivity index (χ3v) is 8.08. The summed E-state index contributed by atoms with van der Waals surface area (Å²) in [6.45, 7) is 5.71. The molecule has 0 unspecified atom stereocenters. The Hall–Kier alpha value is -2.63. The Labute approximate surface area is 224 Å². The number of hydrogen-bond acceptors (Lipinski definition) is 6. The Morgan fingerprint density at radius 1 is 1.19 bits per heavy atom. The number of benzene rings is 1. The van der Waals surface area contributed by atoms with E-state index >= 15 is 0 Å². The average molecular weight is 609 g/mol. The number of halogens is 1. The van der Waals surface area contributed by atoms with Crippen molar-refractivity contribution in [1.29, 1.82) is 0 Å². The van der Waals surface area contributed by atoms with Crippen LogP contribution in [0, 0.1) is 5.41 Å². The van der Waals surface area contributed by atoms with E-state index in [4.69, 9.17) is 9.47 Å². The van der Waals surface area contributed by atoms with E-state index in [0.717, 1.165) is 35.6 Å². The van der Waals surface area contributed by atoms with Gasteiger partial charge in [-0.1, -0.05) is 55.5 Å². The molecular formula is C26H32IN3O6. The van der Waals surface area contributed by atoms with Gasteiger partial charge in [-0.2, -0.15) is 0 Å². The quantitative estimate of drug-likeness (QED) is 0.281. The third-order valence-electron chi connectivity index (χ3n) is 6.68. The van der Waals surface area contributed by atoms with Gasteiger partial charge >= 0.3 is 12.1 Å². The summed E-state index contributed by atoms with van der Waals surface area (Å²) in [5.74, 6) is -1.17. The SMILES string of the molecule is CC(C)(C)[C@@H]1NC(=O)OCCCCCc2ccc3ccnc(c3c2)O[C@H]2C[C@@H](C(=O)O)N(C1=O)[C@@H]2I.